The third-order valence-corrected chi connectivity index (χ3v) is 6.77. The SMILES string of the molecule is O=C(Cc1ccsc1)N1C[C@@H]2CCCCN(CCc3ccc(F)cc3)[C@@H]2C1. The fraction of sp³-hybridized carbons (Fsp3) is 0.500. The van der Waals surface area contributed by atoms with Crippen LogP contribution >= 0.6 is 11.3 Å². The molecule has 0 N–H and O–H groups in total. The molecule has 2 fully saturated rings. The Bertz CT molecular complexity index is 746. The van der Waals surface area contributed by atoms with E-state index in [1.807, 2.05) is 23.6 Å². The van der Waals surface area contributed by atoms with E-state index in [2.05, 4.69) is 15.2 Å². The van der Waals surface area contributed by atoms with E-state index in [1.165, 1.54) is 24.8 Å². The number of hydrogen-bond acceptors (Lipinski definition) is 3. The highest BCUT2D eigenvalue weighted by molar-refractivity contribution is 7.08. The van der Waals surface area contributed by atoms with E-state index in [0.717, 1.165) is 38.2 Å². The van der Waals surface area contributed by atoms with E-state index >= 15 is 0 Å². The van der Waals surface area contributed by atoms with Crippen molar-refractivity contribution in [3.8, 4) is 0 Å². The Labute approximate surface area is 164 Å². The molecule has 4 rings (SSSR count). The van der Waals surface area contributed by atoms with Crippen LogP contribution in [0.4, 0.5) is 4.39 Å². The lowest BCUT2D eigenvalue weighted by Crippen LogP contribution is -2.42. The van der Waals surface area contributed by atoms with Crippen LogP contribution < -0.4 is 0 Å². The number of thiophene rings is 1. The van der Waals surface area contributed by atoms with Crippen molar-refractivity contribution in [1.82, 2.24) is 9.80 Å². The number of fused-ring (bicyclic) bond motifs is 1. The number of halogens is 1. The summed E-state index contributed by atoms with van der Waals surface area (Å²) in [6.07, 6.45) is 5.17. The van der Waals surface area contributed by atoms with Gasteiger partial charge in [-0.05, 0) is 71.8 Å². The normalized spacial score (nSPS) is 23.2. The Morgan fingerprint density at radius 3 is 2.74 bits per heavy atom. The summed E-state index contributed by atoms with van der Waals surface area (Å²) < 4.78 is 13.1. The van der Waals surface area contributed by atoms with E-state index in [0.29, 0.717) is 18.4 Å². The first-order chi connectivity index (χ1) is 13.2. The summed E-state index contributed by atoms with van der Waals surface area (Å²) in [7, 11) is 0. The van der Waals surface area contributed by atoms with Crippen LogP contribution in [0.2, 0.25) is 0 Å². The van der Waals surface area contributed by atoms with Gasteiger partial charge >= 0.3 is 0 Å². The number of amides is 1. The van der Waals surface area contributed by atoms with E-state index in [1.54, 1.807) is 23.5 Å². The molecule has 144 valence electrons. The van der Waals surface area contributed by atoms with Crippen LogP contribution in [-0.4, -0.2) is 47.9 Å². The Balaban J connectivity index is 1.38. The van der Waals surface area contributed by atoms with E-state index in [9.17, 15) is 9.18 Å². The number of carbonyl (C=O) groups excluding carboxylic acids is 1. The maximum Gasteiger partial charge on any atom is 0.227 e. The highest BCUT2D eigenvalue weighted by atomic mass is 32.1. The van der Waals surface area contributed by atoms with Gasteiger partial charge in [-0.3, -0.25) is 9.69 Å². The molecule has 1 amide bonds. The lowest BCUT2D eigenvalue weighted by atomic mass is 9.98. The van der Waals surface area contributed by atoms with Gasteiger partial charge in [0.05, 0.1) is 6.42 Å². The lowest BCUT2D eigenvalue weighted by molar-refractivity contribution is -0.129. The van der Waals surface area contributed by atoms with Crippen LogP contribution in [0.5, 0.6) is 0 Å². The van der Waals surface area contributed by atoms with Crippen molar-refractivity contribution < 1.29 is 9.18 Å². The van der Waals surface area contributed by atoms with Crippen molar-refractivity contribution in [2.24, 2.45) is 5.92 Å². The molecule has 27 heavy (non-hydrogen) atoms. The van der Waals surface area contributed by atoms with Gasteiger partial charge in [0.15, 0.2) is 0 Å². The molecular weight excluding hydrogens is 359 g/mol. The van der Waals surface area contributed by atoms with Crippen LogP contribution in [0.25, 0.3) is 0 Å². The monoisotopic (exact) mass is 386 g/mol. The van der Waals surface area contributed by atoms with Gasteiger partial charge in [-0.1, -0.05) is 18.6 Å². The molecule has 0 radical (unpaired) electrons. The largest absolute Gasteiger partial charge is 0.340 e. The number of benzene rings is 1. The maximum absolute atomic E-state index is 13.1. The third kappa shape index (κ3) is 4.58. The van der Waals surface area contributed by atoms with E-state index in [4.69, 9.17) is 0 Å². The Kier molecular flexibility index (Phi) is 5.89. The maximum atomic E-state index is 13.1. The zero-order chi connectivity index (χ0) is 18.6. The number of carbonyl (C=O) groups is 1. The summed E-state index contributed by atoms with van der Waals surface area (Å²) in [5.41, 5.74) is 2.31. The van der Waals surface area contributed by atoms with Crippen molar-refractivity contribution in [1.29, 1.82) is 0 Å². The molecule has 0 aliphatic carbocycles. The van der Waals surface area contributed by atoms with Crippen LogP contribution in [0.1, 0.15) is 30.4 Å². The van der Waals surface area contributed by atoms with E-state index in [-0.39, 0.29) is 11.7 Å². The van der Waals surface area contributed by atoms with Gasteiger partial charge in [-0.2, -0.15) is 11.3 Å². The van der Waals surface area contributed by atoms with Gasteiger partial charge in [0.2, 0.25) is 5.91 Å². The topological polar surface area (TPSA) is 23.6 Å². The Morgan fingerprint density at radius 2 is 1.96 bits per heavy atom. The first-order valence-electron chi connectivity index (χ1n) is 9.96. The molecule has 0 spiro atoms. The number of rotatable bonds is 5. The average molecular weight is 387 g/mol. The second-order valence-electron chi connectivity index (χ2n) is 7.84. The molecule has 0 unspecified atom stereocenters. The summed E-state index contributed by atoms with van der Waals surface area (Å²) in [4.78, 5) is 17.4. The minimum Gasteiger partial charge on any atom is -0.340 e. The smallest absolute Gasteiger partial charge is 0.227 e. The Hall–Kier alpha value is -1.72. The predicted octanol–water partition coefficient (Wildman–Crippen LogP) is 3.99. The van der Waals surface area contributed by atoms with Gasteiger partial charge < -0.3 is 4.90 Å². The Morgan fingerprint density at radius 1 is 1.11 bits per heavy atom. The fourth-order valence-electron chi connectivity index (χ4n) is 4.52. The zero-order valence-electron chi connectivity index (χ0n) is 15.6. The third-order valence-electron chi connectivity index (χ3n) is 6.03. The molecule has 0 bridgehead atoms. The quantitative estimate of drug-likeness (QED) is 0.776. The predicted molar refractivity (Wildman–Crippen MR) is 107 cm³/mol. The fourth-order valence-corrected chi connectivity index (χ4v) is 5.19. The average Bonchev–Trinajstić information content (AvgIpc) is 3.29. The molecule has 2 saturated heterocycles. The van der Waals surface area contributed by atoms with Gasteiger partial charge in [0, 0.05) is 25.7 Å². The van der Waals surface area contributed by atoms with Crippen molar-refractivity contribution in [2.45, 2.75) is 38.1 Å². The zero-order valence-corrected chi connectivity index (χ0v) is 16.5. The lowest BCUT2D eigenvalue weighted by Gasteiger charge is -2.30. The summed E-state index contributed by atoms with van der Waals surface area (Å²) in [6, 6.07) is 9.37. The second kappa shape index (κ2) is 8.53. The first kappa shape index (κ1) is 18.6. The van der Waals surface area contributed by atoms with E-state index < -0.39 is 0 Å². The van der Waals surface area contributed by atoms with Gasteiger partial charge in [-0.25, -0.2) is 4.39 Å². The standard InChI is InChI=1S/C22H27FN2OS/c23-20-6-4-17(5-7-20)8-11-24-10-2-1-3-19-14-25(15-21(19)24)22(26)13-18-9-12-27-16-18/h4-7,9,12,16,19,21H,1-3,8,10-11,13-15H2/t19-,21+/m0/s1. The van der Waals surface area contributed by atoms with Gasteiger partial charge in [0.1, 0.15) is 5.82 Å². The van der Waals surface area contributed by atoms with Gasteiger partial charge in [-0.15, -0.1) is 0 Å². The summed E-state index contributed by atoms with van der Waals surface area (Å²) >= 11 is 1.65. The molecule has 1 aromatic heterocycles. The number of hydrogen-bond donors (Lipinski definition) is 0. The molecule has 1 aromatic carbocycles. The van der Waals surface area contributed by atoms with Crippen molar-refractivity contribution in [2.75, 3.05) is 26.2 Å². The molecular formula is C22H27FN2OS. The molecule has 2 aliphatic rings. The summed E-state index contributed by atoms with van der Waals surface area (Å²) in [5.74, 6) is 0.677. The molecule has 2 aliphatic heterocycles. The molecule has 2 aromatic rings. The van der Waals surface area contributed by atoms with Crippen LogP contribution in [0, 0.1) is 11.7 Å². The van der Waals surface area contributed by atoms with Crippen LogP contribution in [0.15, 0.2) is 41.1 Å². The summed E-state index contributed by atoms with van der Waals surface area (Å²) in [5, 5.41) is 4.11. The molecule has 0 saturated carbocycles. The highest BCUT2D eigenvalue weighted by Gasteiger charge is 2.39. The van der Waals surface area contributed by atoms with Crippen LogP contribution in [0.3, 0.4) is 0 Å². The second-order valence-corrected chi connectivity index (χ2v) is 8.62. The van der Waals surface area contributed by atoms with Crippen molar-refractivity contribution in [3.05, 3.63) is 58.0 Å². The summed E-state index contributed by atoms with van der Waals surface area (Å²) in [6.45, 7) is 3.85. The number of nitrogens with zero attached hydrogens (tertiary/aromatic N) is 2. The van der Waals surface area contributed by atoms with Gasteiger partial charge in [0.25, 0.3) is 0 Å². The molecule has 3 nitrogen and oxygen atoms in total. The minimum absolute atomic E-state index is 0.177. The van der Waals surface area contributed by atoms with Crippen molar-refractivity contribution in [3.63, 3.8) is 0 Å². The first-order valence-corrected chi connectivity index (χ1v) is 10.9. The minimum atomic E-state index is -0.177. The molecule has 5 heteroatoms. The number of likely N-dealkylation sites (tertiary alicyclic amines) is 2. The van der Waals surface area contributed by atoms with Crippen LogP contribution in [-0.2, 0) is 17.6 Å². The molecule has 2 atom stereocenters. The van der Waals surface area contributed by atoms with Crippen molar-refractivity contribution >= 4 is 17.2 Å². The highest BCUT2D eigenvalue weighted by Crippen LogP contribution is 2.30. The molecule has 3 heterocycles.